The predicted molar refractivity (Wildman–Crippen MR) is 55.6 cm³/mol. The Labute approximate surface area is 81.9 Å². The molecule has 1 heteroatoms. The summed E-state index contributed by atoms with van der Waals surface area (Å²) < 4.78 is 0. The van der Waals surface area contributed by atoms with Gasteiger partial charge in [-0.05, 0) is 30.6 Å². The van der Waals surface area contributed by atoms with E-state index < -0.39 is 0 Å². The van der Waals surface area contributed by atoms with Gasteiger partial charge in [-0.3, -0.25) is 4.79 Å². The molecule has 0 N–H and O–H groups in total. The highest BCUT2D eigenvalue weighted by molar-refractivity contribution is 5.81. The molecule has 1 aliphatic rings. The molecule has 0 aliphatic heterocycles. The van der Waals surface area contributed by atoms with Gasteiger partial charge in [0.25, 0.3) is 0 Å². The van der Waals surface area contributed by atoms with E-state index in [0.29, 0.717) is 23.0 Å². The Morgan fingerprint density at radius 2 is 2.08 bits per heavy atom. The monoisotopic (exact) mass is 182 g/mol. The maximum Gasteiger partial charge on any atom is 0.135 e. The van der Waals surface area contributed by atoms with Crippen LogP contribution >= 0.6 is 0 Å². The van der Waals surface area contributed by atoms with Crippen LogP contribution in [0.1, 0.15) is 53.4 Å². The minimum absolute atomic E-state index is 0.359. The SMILES string of the molecule is CCC(=O)C1CCC(C)(C)CC1C. The number of rotatable bonds is 2. The topological polar surface area (TPSA) is 17.1 Å². The van der Waals surface area contributed by atoms with Crippen molar-refractivity contribution in [3.63, 3.8) is 0 Å². The third-order valence-corrected chi connectivity index (χ3v) is 3.46. The van der Waals surface area contributed by atoms with E-state index in [9.17, 15) is 4.79 Å². The van der Waals surface area contributed by atoms with Crippen LogP contribution in [0.3, 0.4) is 0 Å². The average molecular weight is 182 g/mol. The second-order valence-corrected chi connectivity index (χ2v) is 5.31. The van der Waals surface area contributed by atoms with Crippen molar-refractivity contribution in [2.75, 3.05) is 0 Å². The molecule has 0 bridgehead atoms. The van der Waals surface area contributed by atoms with Crippen LogP contribution in [-0.2, 0) is 4.79 Å². The number of hydrogen-bond acceptors (Lipinski definition) is 1. The van der Waals surface area contributed by atoms with Gasteiger partial charge in [0.2, 0.25) is 0 Å². The van der Waals surface area contributed by atoms with E-state index in [0.717, 1.165) is 12.8 Å². The van der Waals surface area contributed by atoms with Gasteiger partial charge in [0.05, 0.1) is 0 Å². The quantitative estimate of drug-likeness (QED) is 0.639. The first-order chi connectivity index (χ1) is 5.96. The Hall–Kier alpha value is -0.330. The molecule has 1 saturated carbocycles. The fourth-order valence-corrected chi connectivity index (χ4v) is 2.69. The molecule has 76 valence electrons. The molecule has 0 aromatic heterocycles. The number of hydrogen-bond donors (Lipinski definition) is 0. The molecular weight excluding hydrogens is 160 g/mol. The first kappa shape index (κ1) is 10.7. The molecule has 0 saturated heterocycles. The van der Waals surface area contributed by atoms with Crippen LogP contribution in [0.4, 0.5) is 0 Å². The van der Waals surface area contributed by atoms with Crippen molar-refractivity contribution in [2.45, 2.75) is 53.4 Å². The molecule has 2 atom stereocenters. The largest absolute Gasteiger partial charge is 0.299 e. The van der Waals surface area contributed by atoms with Gasteiger partial charge in [0, 0.05) is 12.3 Å². The predicted octanol–water partition coefficient (Wildman–Crippen LogP) is 3.43. The minimum Gasteiger partial charge on any atom is -0.299 e. The summed E-state index contributed by atoms with van der Waals surface area (Å²) in [6.07, 6.45) is 4.26. The highest BCUT2D eigenvalue weighted by atomic mass is 16.1. The summed E-state index contributed by atoms with van der Waals surface area (Å²) >= 11 is 0. The molecule has 0 radical (unpaired) electrons. The van der Waals surface area contributed by atoms with Crippen LogP contribution in [0, 0.1) is 17.3 Å². The summed E-state index contributed by atoms with van der Waals surface area (Å²) in [5.41, 5.74) is 0.462. The Kier molecular flexibility index (Phi) is 3.15. The van der Waals surface area contributed by atoms with Gasteiger partial charge < -0.3 is 0 Å². The normalized spacial score (nSPS) is 32.9. The molecule has 0 aromatic carbocycles. The van der Waals surface area contributed by atoms with Crippen LogP contribution in [0.25, 0.3) is 0 Å². The van der Waals surface area contributed by atoms with Crippen molar-refractivity contribution in [1.29, 1.82) is 0 Å². The van der Waals surface area contributed by atoms with E-state index in [1.165, 1.54) is 12.8 Å². The fraction of sp³-hybridized carbons (Fsp3) is 0.917. The summed E-state index contributed by atoms with van der Waals surface area (Å²) in [6.45, 7) is 8.85. The standard InChI is InChI=1S/C12H22O/c1-5-11(13)10-6-7-12(3,4)8-9(10)2/h9-10H,5-8H2,1-4H3. The van der Waals surface area contributed by atoms with Crippen LogP contribution in [0.5, 0.6) is 0 Å². The summed E-state index contributed by atoms with van der Waals surface area (Å²) in [5.74, 6) is 1.43. The molecule has 1 rings (SSSR count). The van der Waals surface area contributed by atoms with Crippen molar-refractivity contribution >= 4 is 5.78 Å². The molecule has 0 spiro atoms. The molecule has 1 nitrogen and oxygen atoms in total. The average Bonchev–Trinajstić information content (AvgIpc) is 2.01. The third kappa shape index (κ3) is 2.55. The van der Waals surface area contributed by atoms with Crippen molar-refractivity contribution in [3.8, 4) is 0 Å². The van der Waals surface area contributed by atoms with Crippen LogP contribution in [0.2, 0.25) is 0 Å². The van der Waals surface area contributed by atoms with Gasteiger partial charge >= 0.3 is 0 Å². The van der Waals surface area contributed by atoms with E-state index in [1.807, 2.05) is 6.92 Å². The number of carbonyl (C=O) groups excluding carboxylic acids is 1. The Balaban J connectivity index is 2.58. The van der Waals surface area contributed by atoms with E-state index in [4.69, 9.17) is 0 Å². The zero-order valence-corrected chi connectivity index (χ0v) is 9.39. The summed E-state index contributed by atoms with van der Waals surface area (Å²) in [4.78, 5) is 11.6. The van der Waals surface area contributed by atoms with Crippen molar-refractivity contribution < 1.29 is 4.79 Å². The molecule has 0 amide bonds. The Morgan fingerprint density at radius 1 is 1.46 bits per heavy atom. The third-order valence-electron chi connectivity index (χ3n) is 3.46. The van der Waals surface area contributed by atoms with Crippen LogP contribution in [-0.4, -0.2) is 5.78 Å². The van der Waals surface area contributed by atoms with Gasteiger partial charge in [-0.1, -0.05) is 27.7 Å². The maximum atomic E-state index is 11.6. The molecule has 1 fully saturated rings. The number of ketones is 1. The van der Waals surface area contributed by atoms with E-state index in [1.54, 1.807) is 0 Å². The number of carbonyl (C=O) groups is 1. The van der Waals surface area contributed by atoms with Gasteiger partial charge in [-0.15, -0.1) is 0 Å². The molecule has 0 heterocycles. The van der Waals surface area contributed by atoms with Crippen LogP contribution in [0.15, 0.2) is 0 Å². The van der Waals surface area contributed by atoms with Gasteiger partial charge in [-0.2, -0.15) is 0 Å². The second kappa shape index (κ2) is 3.81. The molecule has 1 aliphatic carbocycles. The minimum atomic E-state index is 0.359. The number of Topliss-reactive ketones (excluding diaryl/α,β-unsaturated/α-hetero) is 1. The Morgan fingerprint density at radius 3 is 2.54 bits per heavy atom. The first-order valence-corrected chi connectivity index (χ1v) is 5.49. The van der Waals surface area contributed by atoms with Gasteiger partial charge in [0.1, 0.15) is 5.78 Å². The fourth-order valence-electron chi connectivity index (χ4n) is 2.69. The van der Waals surface area contributed by atoms with E-state index in [2.05, 4.69) is 20.8 Å². The lowest BCUT2D eigenvalue weighted by Crippen LogP contribution is -2.32. The Bertz CT molecular complexity index is 193. The highest BCUT2D eigenvalue weighted by Crippen LogP contribution is 2.42. The lowest BCUT2D eigenvalue weighted by atomic mass is 9.66. The lowest BCUT2D eigenvalue weighted by Gasteiger charge is -2.38. The van der Waals surface area contributed by atoms with Crippen molar-refractivity contribution in [2.24, 2.45) is 17.3 Å². The zero-order chi connectivity index (χ0) is 10.1. The van der Waals surface area contributed by atoms with Crippen LogP contribution < -0.4 is 0 Å². The zero-order valence-electron chi connectivity index (χ0n) is 9.39. The summed E-state index contributed by atoms with van der Waals surface area (Å²) in [7, 11) is 0. The highest BCUT2D eigenvalue weighted by Gasteiger charge is 2.34. The van der Waals surface area contributed by atoms with E-state index >= 15 is 0 Å². The summed E-state index contributed by atoms with van der Waals surface area (Å²) in [5, 5.41) is 0. The molecule has 0 aromatic rings. The maximum absolute atomic E-state index is 11.6. The van der Waals surface area contributed by atoms with Gasteiger partial charge in [-0.25, -0.2) is 0 Å². The molecular formula is C12H22O. The van der Waals surface area contributed by atoms with E-state index in [-0.39, 0.29) is 0 Å². The summed E-state index contributed by atoms with van der Waals surface area (Å²) in [6, 6.07) is 0. The van der Waals surface area contributed by atoms with Crippen molar-refractivity contribution in [1.82, 2.24) is 0 Å². The second-order valence-electron chi connectivity index (χ2n) is 5.31. The van der Waals surface area contributed by atoms with Gasteiger partial charge in [0.15, 0.2) is 0 Å². The lowest BCUT2D eigenvalue weighted by molar-refractivity contribution is -0.126. The van der Waals surface area contributed by atoms with Crippen molar-refractivity contribution in [3.05, 3.63) is 0 Å². The first-order valence-electron chi connectivity index (χ1n) is 5.49. The molecule has 2 unspecified atom stereocenters. The smallest absolute Gasteiger partial charge is 0.135 e. The molecule has 13 heavy (non-hydrogen) atoms.